The van der Waals surface area contributed by atoms with E-state index < -0.39 is 10.9 Å². The summed E-state index contributed by atoms with van der Waals surface area (Å²) in [7, 11) is 0. The van der Waals surface area contributed by atoms with Crippen molar-refractivity contribution < 1.29 is 19.6 Å². The predicted octanol–water partition coefficient (Wildman–Crippen LogP) is 2.47. The van der Waals surface area contributed by atoms with Crippen LogP contribution in [-0.4, -0.2) is 21.0 Å². The molecule has 0 fully saturated rings. The van der Waals surface area contributed by atoms with E-state index in [4.69, 9.17) is 9.84 Å². The molecule has 1 aromatic heterocycles. The summed E-state index contributed by atoms with van der Waals surface area (Å²) >= 11 is 0.807. The van der Waals surface area contributed by atoms with Crippen molar-refractivity contribution in [1.82, 2.24) is 4.98 Å². The van der Waals surface area contributed by atoms with Crippen LogP contribution in [0.25, 0.3) is 0 Å². The third-order valence-electron chi connectivity index (χ3n) is 2.11. The zero-order chi connectivity index (χ0) is 13.8. The molecule has 0 spiro atoms. The molecule has 0 amide bonds. The maximum Gasteiger partial charge on any atom is 0.347 e. The first-order valence-electron chi connectivity index (χ1n) is 5.13. The molecule has 0 saturated carbocycles. The van der Waals surface area contributed by atoms with Gasteiger partial charge in [0.2, 0.25) is 0 Å². The molecule has 19 heavy (non-hydrogen) atoms. The molecule has 98 valence electrons. The van der Waals surface area contributed by atoms with Crippen LogP contribution in [0.5, 0.6) is 10.9 Å². The number of rotatable bonds is 5. The topological polar surface area (TPSA) is 103 Å². The molecule has 2 rings (SSSR count). The standard InChI is InChI=1S/C11H8N2O5S/c14-10(15)5-7-2-1-3-8(4-7)18-11-12-6-9(19-11)13(16)17/h1-4,6H,5H2,(H,14,15). The molecular formula is C11H8N2O5S. The molecule has 1 aromatic carbocycles. The van der Waals surface area contributed by atoms with E-state index in [2.05, 4.69) is 4.98 Å². The van der Waals surface area contributed by atoms with Gasteiger partial charge in [-0.15, -0.1) is 0 Å². The van der Waals surface area contributed by atoms with E-state index in [1.54, 1.807) is 24.3 Å². The molecule has 0 bridgehead atoms. The molecule has 1 heterocycles. The van der Waals surface area contributed by atoms with Crippen molar-refractivity contribution in [2.45, 2.75) is 6.42 Å². The quantitative estimate of drug-likeness (QED) is 0.666. The maximum atomic E-state index is 10.6. The van der Waals surface area contributed by atoms with Gasteiger partial charge in [0, 0.05) is 0 Å². The van der Waals surface area contributed by atoms with Gasteiger partial charge in [-0.3, -0.25) is 14.9 Å². The Hall–Kier alpha value is -2.48. The Labute approximate surface area is 111 Å². The molecule has 1 N–H and O–H groups in total. The second-order valence-corrected chi connectivity index (χ2v) is 4.51. The highest BCUT2D eigenvalue weighted by molar-refractivity contribution is 7.16. The van der Waals surface area contributed by atoms with Crippen molar-refractivity contribution in [2.24, 2.45) is 0 Å². The van der Waals surface area contributed by atoms with Crippen LogP contribution < -0.4 is 4.74 Å². The van der Waals surface area contributed by atoms with Gasteiger partial charge in [-0.05, 0) is 29.0 Å². The zero-order valence-corrected chi connectivity index (χ0v) is 10.3. The summed E-state index contributed by atoms with van der Waals surface area (Å²) in [5, 5.41) is 19.2. The number of carbonyl (C=O) groups is 1. The highest BCUT2D eigenvalue weighted by Gasteiger charge is 2.13. The zero-order valence-electron chi connectivity index (χ0n) is 9.48. The van der Waals surface area contributed by atoms with Crippen LogP contribution in [0, 0.1) is 10.1 Å². The Morgan fingerprint density at radius 1 is 1.53 bits per heavy atom. The van der Waals surface area contributed by atoms with Crippen molar-refractivity contribution >= 4 is 22.3 Å². The van der Waals surface area contributed by atoms with Gasteiger partial charge in [0.15, 0.2) is 0 Å². The summed E-state index contributed by atoms with van der Waals surface area (Å²) in [6, 6.07) is 6.49. The number of hydrogen-bond acceptors (Lipinski definition) is 6. The van der Waals surface area contributed by atoms with Crippen LogP contribution in [0.4, 0.5) is 5.00 Å². The third-order valence-corrected chi connectivity index (χ3v) is 2.94. The smallest absolute Gasteiger partial charge is 0.347 e. The Bertz CT molecular complexity index is 625. The summed E-state index contributed by atoms with van der Waals surface area (Å²) in [6.45, 7) is 0. The molecule has 8 heteroatoms. The molecule has 0 aliphatic rings. The number of aliphatic carboxylic acids is 1. The Morgan fingerprint density at radius 2 is 2.32 bits per heavy atom. The van der Waals surface area contributed by atoms with Gasteiger partial charge >= 0.3 is 11.0 Å². The molecule has 0 aliphatic carbocycles. The number of carboxylic acid groups (broad SMARTS) is 1. The van der Waals surface area contributed by atoms with Crippen molar-refractivity contribution in [3.8, 4) is 10.9 Å². The first kappa shape index (κ1) is 13.0. The van der Waals surface area contributed by atoms with Gasteiger partial charge in [-0.1, -0.05) is 12.1 Å². The lowest BCUT2D eigenvalue weighted by molar-refractivity contribution is -0.380. The number of benzene rings is 1. The lowest BCUT2D eigenvalue weighted by Crippen LogP contribution is -1.99. The summed E-state index contributed by atoms with van der Waals surface area (Å²) in [5.41, 5.74) is 0.580. The SMILES string of the molecule is O=C(O)Cc1cccc(Oc2ncc([N+](=O)[O-])s2)c1. The summed E-state index contributed by atoms with van der Waals surface area (Å²) < 4.78 is 5.34. The minimum Gasteiger partial charge on any atom is -0.481 e. The number of nitrogens with zero attached hydrogens (tertiary/aromatic N) is 2. The van der Waals surface area contributed by atoms with E-state index in [9.17, 15) is 14.9 Å². The van der Waals surface area contributed by atoms with Gasteiger partial charge in [0.1, 0.15) is 11.9 Å². The fraction of sp³-hybridized carbons (Fsp3) is 0.0909. The first-order chi connectivity index (χ1) is 9.04. The fourth-order valence-electron chi connectivity index (χ4n) is 1.38. The van der Waals surface area contributed by atoms with E-state index in [-0.39, 0.29) is 16.6 Å². The molecule has 0 unspecified atom stereocenters. The van der Waals surface area contributed by atoms with E-state index in [1.165, 1.54) is 0 Å². The molecule has 2 aromatic rings. The van der Waals surface area contributed by atoms with Gasteiger partial charge in [0.05, 0.1) is 11.3 Å². The van der Waals surface area contributed by atoms with Gasteiger partial charge in [0.25, 0.3) is 5.19 Å². The molecule has 0 radical (unpaired) electrons. The highest BCUT2D eigenvalue weighted by atomic mass is 32.1. The average Bonchev–Trinajstić information content (AvgIpc) is 2.77. The number of ether oxygens (including phenoxy) is 1. The van der Waals surface area contributed by atoms with E-state index in [0.717, 1.165) is 17.5 Å². The Balaban J connectivity index is 2.13. The monoisotopic (exact) mass is 280 g/mol. The summed E-state index contributed by atoms with van der Waals surface area (Å²) in [5.74, 6) is -0.551. The van der Waals surface area contributed by atoms with Gasteiger partial charge in [-0.2, -0.15) is 0 Å². The molecule has 7 nitrogen and oxygen atoms in total. The van der Waals surface area contributed by atoms with Crippen LogP contribution in [0.15, 0.2) is 30.5 Å². The minimum absolute atomic E-state index is 0.114. The van der Waals surface area contributed by atoms with Gasteiger partial charge in [-0.25, -0.2) is 4.98 Å². The van der Waals surface area contributed by atoms with Crippen LogP contribution in [0.1, 0.15) is 5.56 Å². The summed E-state index contributed by atoms with van der Waals surface area (Å²) in [6.07, 6.45) is 0.996. The van der Waals surface area contributed by atoms with Crippen molar-refractivity contribution in [2.75, 3.05) is 0 Å². The first-order valence-corrected chi connectivity index (χ1v) is 5.95. The van der Waals surface area contributed by atoms with Crippen molar-refractivity contribution in [1.29, 1.82) is 0 Å². The predicted molar refractivity (Wildman–Crippen MR) is 66.6 cm³/mol. The van der Waals surface area contributed by atoms with Gasteiger partial charge < -0.3 is 9.84 Å². The maximum absolute atomic E-state index is 10.6. The van der Waals surface area contributed by atoms with Crippen molar-refractivity contribution in [3.63, 3.8) is 0 Å². The van der Waals surface area contributed by atoms with Crippen molar-refractivity contribution in [3.05, 3.63) is 46.1 Å². The number of hydrogen-bond donors (Lipinski definition) is 1. The molecule has 0 aliphatic heterocycles. The van der Waals surface area contributed by atoms with Crippen LogP contribution in [-0.2, 0) is 11.2 Å². The molecule has 0 atom stereocenters. The third kappa shape index (κ3) is 3.49. The van der Waals surface area contributed by atoms with Crippen LogP contribution >= 0.6 is 11.3 Å². The van der Waals surface area contributed by atoms with Crippen LogP contribution in [0.2, 0.25) is 0 Å². The Kier molecular flexibility index (Phi) is 3.71. The van der Waals surface area contributed by atoms with E-state index in [0.29, 0.717) is 11.3 Å². The largest absolute Gasteiger partial charge is 0.481 e. The molecular weight excluding hydrogens is 272 g/mol. The normalized spacial score (nSPS) is 10.1. The highest BCUT2D eigenvalue weighted by Crippen LogP contribution is 2.31. The number of nitro groups is 1. The second kappa shape index (κ2) is 5.44. The number of carboxylic acids is 1. The summed E-state index contributed by atoms with van der Waals surface area (Å²) in [4.78, 5) is 24.3. The number of aromatic nitrogens is 1. The minimum atomic E-state index is -0.943. The fourth-order valence-corrected chi connectivity index (χ4v) is 1.98. The number of thiazole rings is 1. The second-order valence-electron chi connectivity index (χ2n) is 3.54. The lowest BCUT2D eigenvalue weighted by Gasteiger charge is -2.03. The average molecular weight is 280 g/mol. The van der Waals surface area contributed by atoms with E-state index in [1.807, 2.05) is 0 Å². The lowest BCUT2D eigenvalue weighted by atomic mass is 10.1. The van der Waals surface area contributed by atoms with Crippen LogP contribution in [0.3, 0.4) is 0 Å². The van der Waals surface area contributed by atoms with E-state index >= 15 is 0 Å². The molecule has 0 saturated heterocycles. The Morgan fingerprint density at radius 3 is 2.95 bits per heavy atom.